The highest BCUT2D eigenvalue weighted by Crippen LogP contribution is 2.27. The zero-order chi connectivity index (χ0) is 11.4. The Morgan fingerprint density at radius 3 is 3.00 bits per heavy atom. The van der Waals surface area contributed by atoms with Crippen LogP contribution in [0, 0.1) is 5.92 Å². The third kappa shape index (κ3) is 2.76. The van der Waals surface area contributed by atoms with E-state index in [1.165, 1.54) is 12.8 Å². The van der Waals surface area contributed by atoms with Crippen molar-refractivity contribution in [3.63, 3.8) is 0 Å². The van der Waals surface area contributed by atoms with Crippen LogP contribution >= 0.6 is 11.5 Å². The molecule has 6 heteroatoms. The number of nitrogens with one attached hydrogen (secondary N) is 1. The molecule has 2 rings (SSSR count). The second-order valence-corrected chi connectivity index (χ2v) is 4.72. The van der Waals surface area contributed by atoms with Gasteiger partial charge in [-0.3, -0.25) is 4.79 Å². The summed E-state index contributed by atoms with van der Waals surface area (Å²) in [6.07, 6.45) is 4.07. The van der Waals surface area contributed by atoms with Gasteiger partial charge in [0.2, 0.25) is 0 Å². The maximum Gasteiger partial charge on any atom is 0.272 e. The first-order chi connectivity index (χ1) is 7.77. The van der Waals surface area contributed by atoms with E-state index >= 15 is 0 Å². The average Bonchev–Trinajstić information content (AvgIpc) is 2.95. The molecule has 0 saturated heterocycles. The van der Waals surface area contributed by atoms with Crippen LogP contribution in [0.1, 0.15) is 36.2 Å². The van der Waals surface area contributed by atoms with E-state index in [9.17, 15) is 9.90 Å². The first-order valence-electron chi connectivity index (χ1n) is 5.50. The largest absolute Gasteiger partial charge is 0.391 e. The SMILES string of the molecule is O=C(NCC(O)C1CCCC1)c1csnn1. The van der Waals surface area contributed by atoms with Crippen LogP contribution in [0.15, 0.2) is 5.38 Å². The van der Waals surface area contributed by atoms with Gasteiger partial charge in [0, 0.05) is 11.9 Å². The van der Waals surface area contributed by atoms with Crippen LogP contribution in [0.4, 0.5) is 0 Å². The van der Waals surface area contributed by atoms with E-state index in [1.807, 2.05) is 0 Å². The molecule has 0 spiro atoms. The monoisotopic (exact) mass is 241 g/mol. The van der Waals surface area contributed by atoms with Crippen LogP contribution in [0.5, 0.6) is 0 Å². The predicted molar refractivity (Wildman–Crippen MR) is 60.2 cm³/mol. The highest BCUT2D eigenvalue weighted by atomic mass is 32.1. The van der Waals surface area contributed by atoms with Crippen LogP contribution in [0.2, 0.25) is 0 Å². The maximum absolute atomic E-state index is 11.5. The van der Waals surface area contributed by atoms with Gasteiger partial charge in [0.15, 0.2) is 5.69 Å². The molecule has 1 aromatic heterocycles. The Hall–Kier alpha value is -1.01. The van der Waals surface area contributed by atoms with Gasteiger partial charge in [-0.1, -0.05) is 17.3 Å². The van der Waals surface area contributed by atoms with Gasteiger partial charge in [-0.15, -0.1) is 5.10 Å². The summed E-state index contributed by atoms with van der Waals surface area (Å²) in [6.45, 7) is 0.307. The summed E-state index contributed by atoms with van der Waals surface area (Å²) in [5.41, 5.74) is 0.323. The van der Waals surface area contributed by atoms with Crippen LogP contribution in [-0.2, 0) is 0 Å². The van der Waals surface area contributed by atoms with Crippen molar-refractivity contribution in [3.8, 4) is 0 Å². The first kappa shape index (κ1) is 11.5. The molecule has 1 fully saturated rings. The van der Waals surface area contributed by atoms with E-state index in [2.05, 4.69) is 14.9 Å². The van der Waals surface area contributed by atoms with Crippen molar-refractivity contribution in [2.75, 3.05) is 6.54 Å². The molecule has 0 radical (unpaired) electrons. The van der Waals surface area contributed by atoms with Crippen LogP contribution in [-0.4, -0.2) is 33.2 Å². The summed E-state index contributed by atoms with van der Waals surface area (Å²) in [5.74, 6) is 0.0830. The lowest BCUT2D eigenvalue weighted by Crippen LogP contribution is -2.35. The zero-order valence-electron chi connectivity index (χ0n) is 8.93. The minimum atomic E-state index is -0.432. The molecule has 1 aliphatic rings. The van der Waals surface area contributed by atoms with E-state index in [4.69, 9.17) is 0 Å². The normalized spacial score (nSPS) is 18.6. The zero-order valence-corrected chi connectivity index (χ0v) is 9.74. The van der Waals surface area contributed by atoms with Crippen molar-refractivity contribution in [1.29, 1.82) is 0 Å². The fourth-order valence-corrected chi connectivity index (χ4v) is 2.50. The van der Waals surface area contributed by atoms with Crippen LogP contribution in [0.3, 0.4) is 0 Å². The highest BCUT2D eigenvalue weighted by molar-refractivity contribution is 7.03. The number of nitrogens with zero attached hydrogens (tertiary/aromatic N) is 2. The molecule has 1 aliphatic carbocycles. The van der Waals surface area contributed by atoms with Crippen molar-refractivity contribution >= 4 is 17.4 Å². The standard InChI is InChI=1S/C10H15N3O2S/c14-9(7-3-1-2-4-7)5-11-10(15)8-6-16-13-12-8/h6-7,9,14H,1-5H2,(H,11,15). The van der Waals surface area contributed by atoms with E-state index in [1.54, 1.807) is 5.38 Å². The fourth-order valence-electron chi connectivity index (χ4n) is 2.06. The summed E-state index contributed by atoms with van der Waals surface area (Å²) in [5, 5.41) is 17.8. The summed E-state index contributed by atoms with van der Waals surface area (Å²) in [4.78, 5) is 11.5. The number of aliphatic hydroxyl groups excluding tert-OH is 1. The molecule has 2 N–H and O–H groups in total. The van der Waals surface area contributed by atoms with Crippen molar-refractivity contribution in [3.05, 3.63) is 11.1 Å². The minimum Gasteiger partial charge on any atom is -0.391 e. The summed E-state index contributed by atoms with van der Waals surface area (Å²) < 4.78 is 3.62. The van der Waals surface area contributed by atoms with Crippen molar-refractivity contribution < 1.29 is 9.90 Å². The van der Waals surface area contributed by atoms with Gasteiger partial charge in [-0.25, -0.2) is 0 Å². The second kappa shape index (κ2) is 5.36. The number of hydrogen-bond donors (Lipinski definition) is 2. The van der Waals surface area contributed by atoms with Gasteiger partial charge in [-0.2, -0.15) is 0 Å². The fraction of sp³-hybridized carbons (Fsp3) is 0.700. The molecule has 1 atom stereocenters. The number of aliphatic hydroxyl groups is 1. The van der Waals surface area contributed by atoms with Crippen molar-refractivity contribution in [2.45, 2.75) is 31.8 Å². The Morgan fingerprint density at radius 1 is 1.62 bits per heavy atom. The molecule has 16 heavy (non-hydrogen) atoms. The molecule has 1 aromatic rings. The molecule has 1 heterocycles. The second-order valence-electron chi connectivity index (χ2n) is 4.11. The Labute approximate surface area is 98.0 Å². The third-order valence-electron chi connectivity index (χ3n) is 3.01. The number of rotatable bonds is 4. The summed E-state index contributed by atoms with van der Waals surface area (Å²) >= 11 is 1.14. The van der Waals surface area contributed by atoms with E-state index in [-0.39, 0.29) is 5.91 Å². The Balaban J connectivity index is 1.76. The van der Waals surface area contributed by atoms with E-state index in [0.717, 1.165) is 24.4 Å². The van der Waals surface area contributed by atoms with Crippen LogP contribution < -0.4 is 5.32 Å². The average molecular weight is 241 g/mol. The number of aromatic nitrogens is 2. The van der Waals surface area contributed by atoms with Gasteiger partial charge in [0.25, 0.3) is 5.91 Å². The number of amides is 1. The Kier molecular flexibility index (Phi) is 3.84. The molecule has 1 saturated carbocycles. The quantitative estimate of drug-likeness (QED) is 0.818. The topological polar surface area (TPSA) is 75.1 Å². The first-order valence-corrected chi connectivity index (χ1v) is 6.34. The Bertz CT molecular complexity index is 336. The molecule has 0 aromatic carbocycles. The van der Waals surface area contributed by atoms with Gasteiger partial charge in [0.05, 0.1) is 6.10 Å². The molecular formula is C10H15N3O2S. The lowest BCUT2D eigenvalue weighted by molar-refractivity contribution is 0.0836. The Morgan fingerprint density at radius 2 is 2.38 bits per heavy atom. The highest BCUT2D eigenvalue weighted by Gasteiger charge is 2.23. The van der Waals surface area contributed by atoms with Crippen molar-refractivity contribution in [1.82, 2.24) is 14.9 Å². The molecule has 0 bridgehead atoms. The minimum absolute atomic E-state index is 0.259. The number of carbonyl (C=O) groups excluding carboxylic acids is 1. The molecule has 0 aliphatic heterocycles. The molecule has 88 valence electrons. The molecule has 1 unspecified atom stereocenters. The number of carbonyl (C=O) groups is 1. The summed E-state index contributed by atoms with van der Waals surface area (Å²) in [6, 6.07) is 0. The van der Waals surface area contributed by atoms with Gasteiger partial charge >= 0.3 is 0 Å². The van der Waals surface area contributed by atoms with Gasteiger partial charge < -0.3 is 10.4 Å². The van der Waals surface area contributed by atoms with E-state index in [0.29, 0.717) is 18.2 Å². The van der Waals surface area contributed by atoms with E-state index < -0.39 is 6.10 Å². The predicted octanol–water partition coefficient (Wildman–Crippen LogP) is 0.819. The third-order valence-corrected chi connectivity index (χ3v) is 3.51. The van der Waals surface area contributed by atoms with Crippen LogP contribution in [0.25, 0.3) is 0 Å². The van der Waals surface area contributed by atoms with Gasteiger partial charge in [-0.05, 0) is 30.3 Å². The lowest BCUT2D eigenvalue weighted by atomic mass is 10.0. The lowest BCUT2D eigenvalue weighted by Gasteiger charge is -2.17. The smallest absolute Gasteiger partial charge is 0.272 e. The number of hydrogen-bond acceptors (Lipinski definition) is 5. The van der Waals surface area contributed by atoms with Gasteiger partial charge in [0.1, 0.15) is 0 Å². The molecule has 5 nitrogen and oxygen atoms in total. The maximum atomic E-state index is 11.5. The van der Waals surface area contributed by atoms with Crippen molar-refractivity contribution in [2.24, 2.45) is 5.92 Å². The molecule has 1 amide bonds. The molecular weight excluding hydrogens is 226 g/mol. The summed E-state index contributed by atoms with van der Waals surface area (Å²) in [7, 11) is 0.